The molecule has 0 bridgehead atoms. The molecule has 0 saturated heterocycles. The number of amides is 2. The number of phenolic OH excluding ortho intramolecular Hbond substituents is 1. The molecule has 0 spiro atoms. The first-order valence-corrected chi connectivity index (χ1v) is 11.4. The Kier molecular flexibility index (Phi) is 14.2. The standard InChI is InChI=1S/C22H40N8O3/c23-10-1-2-11-27-12-4-14-28-21(33)19(15-16-6-8-17(31)9-7-16)30-20(32)18(24)5-3-13-29-22(25)26/h6-9,18-19,27,31H,1-5,10-15,23-24H2,(H,28,33)(H,30,32)(H4,25,26,29). The molecule has 0 aliphatic carbocycles. The van der Waals surface area contributed by atoms with Crippen LogP contribution in [0.2, 0.25) is 0 Å². The largest absolute Gasteiger partial charge is 0.508 e. The smallest absolute Gasteiger partial charge is 0.242 e. The first-order chi connectivity index (χ1) is 15.8. The summed E-state index contributed by atoms with van der Waals surface area (Å²) in [6.07, 6.45) is 3.97. The molecule has 186 valence electrons. The molecule has 1 rings (SSSR count). The maximum absolute atomic E-state index is 12.8. The molecule has 0 aliphatic rings. The van der Waals surface area contributed by atoms with Gasteiger partial charge < -0.3 is 44.0 Å². The summed E-state index contributed by atoms with van der Waals surface area (Å²) >= 11 is 0. The second kappa shape index (κ2) is 16.7. The molecule has 11 nitrogen and oxygen atoms in total. The highest BCUT2D eigenvalue weighted by Gasteiger charge is 2.23. The van der Waals surface area contributed by atoms with Crippen LogP contribution >= 0.6 is 0 Å². The van der Waals surface area contributed by atoms with Crippen LogP contribution in [-0.4, -0.2) is 67.7 Å². The molecule has 0 saturated carbocycles. The molecular weight excluding hydrogens is 424 g/mol. The Balaban J connectivity index is 2.57. The molecule has 0 aromatic heterocycles. The number of unbranched alkanes of at least 4 members (excludes halogenated alkanes) is 1. The van der Waals surface area contributed by atoms with E-state index in [0.717, 1.165) is 37.9 Å². The minimum Gasteiger partial charge on any atom is -0.508 e. The summed E-state index contributed by atoms with van der Waals surface area (Å²) in [5, 5.41) is 18.4. The summed E-state index contributed by atoms with van der Waals surface area (Å²) in [6, 6.07) is 4.93. The molecular formula is C22H40N8O3. The van der Waals surface area contributed by atoms with Gasteiger partial charge in [0, 0.05) is 19.5 Å². The number of phenols is 1. The fourth-order valence-electron chi connectivity index (χ4n) is 3.07. The number of hydrogen-bond acceptors (Lipinski definition) is 7. The Labute approximate surface area is 195 Å². The fourth-order valence-corrected chi connectivity index (χ4v) is 3.07. The van der Waals surface area contributed by atoms with Gasteiger partial charge in [-0.25, -0.2) is 0 Å². The Bertz CT molecular complexity index is 723. The molecule has 1 aromatic carbocycles. The predicted octanol–water partition coefficient (Wildman–Crippen LogP) is -1.36. The average molecular weight is 465 g/mol. The third kappa shape index (κ3) is 13.3. The van der Waals surface area contributed by atoms with E-state index in [2.05, 4.69) is 20.9 Å². The van der Waals surface area contributed by atoms with Crippen LogP contribution in [0.3, 0.4) is 0 Å². The molecule has 0 heterocycles. The number of carbonyl (C=O) groups is 2. The van der Waals surface area contributed by atoms with Gasteiger partial charge >= 0.3 is 0 Å². The Morgan fingerprint density at radius 3 is 2.33 bits per heavy atom. The van der Waals surface area contributed by atoms with E-state index in [1.54, 1.807) is 12.1 Å². The number of nitrogens with two attached hydrogens (primary N) is 4. The summed E-state index contributed by atoms with van der Waals surface area (Å²) in [6.45, 7) is 3.22. The highest BCUT2D eigenvalue weighted by atomic mass is 16.3. The third-order valence-electron chi connectivity index (χ3n) is 4.95. The van der Waals surface area contributed by atoms with E-state index in [1.807, 2.05) is 0 Å². The van der Waals surface area contributed by atoms with E-state index in [4.69, 9.17) is 22.9 Å². The summed E-state index contributed by atoms with van der Waals surface area (Å²) in [5.74, 6) is -0.581. The van der Waals surface area contributed by atoms with Gasteiger partial charge in [0.05, 0.1) is 6.04 Å². The van der Waals surface area contributed by atoms with E-state index in [9.17, 15) is 14.7 Å². The number of nitrogens with one attached hydrogen (secondary N) is 3. The van der Waals surface area contributed by atoms with Crippen molar-refractivity contribution in [1.29, 1.82) is 0 Å². The second-order valence-corrected chi connectivity index (χ2v) is 7.88. The van der Waals surface area contributed by atoms with Crippen LogP contribution in [-0.2, 0) is 16.0 Å². The van der Waals surface area contributed by atoms with Gasteiger partial charge in [0.15, 0.2) is 5.96 Å². The van der Waals surface area contributed by atoms with Crippen LogP contribution < -0.4 is 38.9 Å². The minimum absolute atomic E-state index is 0.00980. The van der Waals surface area contributed by atoms with E-state index in [1.165, 1.54) is 12.1 Å². The van der Waals surface area contributed by atoms with Crippen molar-refractivity contribution in [2.75, 3.05) is 32.7 Å². The van der Waals surface area contributed by atoms with Crippen LogP contribution in [0.1, 0.15) is 37.7 Å². The number of hydrogen-bond donors (Lipinski definition) is 8. The number of nitrogens with zero attached hydrogens (tertiary/aromatic N) is 1. The zero-order valence-corrected chi connectivity index (χ0v) is 19.3. The molecule has 2 amide bonds. The minimum atomic E-state index is -0.789. The first-order valence-electron chi connectivity index (χ1n) is 11.4. The van der Waals surface area contributed by atoms with Crippen LogP contribution in [0.4, 0.5) is 0 Å². The lowest BCUT2D eigenvalue weighted by atomic mass is 10.0. The van der Waals surface area contributed by atoms with Gasteiger partial charge in [0.1, 0.15) is 11.8 Å². The lowest BCUT2D eigenvalue weighted by Crippen LogP contribution is -2.52. The van der Waals surface area contributed by atoms with Crippen molar-refractivity contribution in [2.45, 2.75) is 50.6 Å². The number of rotatable bonds is 17. The van der Waals surface area contributed by atoms with Crippen molar-refractivity contribution in [3.05, 3.63) is 29.8 Å². The number of benzene rings is 1. The van der Waals surface area contributed by atoms with E-state index < -0.39 is 18.0 Å². The number of carbonyl (C=O) groups excluding carboxylic acids is 2. The van der Waals surface area contributed by atoms with Gasteiger partial charge in [0.25, 0.3) is 0 Å². The summed E-state index contributed by atoms with van der Waals surface area (Å²) in [5.41, 5.74) is 22.8. The van der Waals surface area contributed by atoms with Crippen LogP contribution in [0.5, 0.6) is 5.75 Å². The topological polar surface area (TPSA) is 207 Å². The van der Waals surface area contributed by atoms with Crippen LogP contribution in [0.15, 0.2) is 29.3 Å². The van der Waals surface area contributed by atoms with E-state index >= 15 is 0 Å². The highest BCUT2D eigenvalue weighted by molar-refractivity contribution is 5.89. The van der Waals surface area contributed by atoms with Crippen LogP contribution in [0.25, 0.3) is 0 Å². The third-order valence-corrected chi connectivity index (χ3v) is 4.95. The Morgan fingerprint density at radius 1 is 0.970 bits per heavy atom. The summed E-state index contributed by atoms with van der Waals surface area (Å²) in [7, 11) is 0. The molecule has 11 heteroatoms. The maximum Gasteiger partial charge on any atom is 0.242 e. The Hall–Kier alpha value is -2.89. The van der Waals surface area contributed by atoms with Gasteiger partial charge in [-0.05, 0) is 69.4 Å². The zero-order valence-electron chi connectivity index (χ0n) is 19.3. The van der Waals surface area contributed by atoms with Gasteiger partial charge in [0.2, 0.25) is 11.8 Å². The number of guanidine groups is 1. The quantitative estimate of drug-likeness (QED) is 0.0782. The number of aliphatic imine (C=N–C) groups is 1. The van der Waals surface area contributed by atoms with Crippen molar-refractivity contribution < 1.29 is 14.7 Å². The summed E-state index contributed by atoms with van der Waals surface area (Å²) in [4.78, 5) is 29.2. The molecule has 0 aliphatic heterocycles. The molecule has 0 fully saturated rings. The molecule has 33 heavy (non-hydrogen) atoms. The Morgan fingerprint density at radius 2 is 1.67 bits per heavy atom. The van der Waals surface area contributed by atoms with Crippen molar-refractivity contribution in [3.63, 3.8) is 0 Å². The highest BCUT2D eigenvalue weighted by Crippen LogP contribution is 2.12. The molecule has 2 unspecified atom stereocenters. The number of aromatic hydroxyl groups is 1. The van der Waals surface area contributed by atoms with Crippen molar-refractivity contribution in [1.82, 2.24) is 16.0 Å². The molecule has 0 radical (unpaired) electrons. The lowest BCUT2D eigenvalue weighted by molar-refractivity contribution is -0.129. The average Bonchev–Trinajstić information content (AvgIpc) is 2.78. The lowest BCUT2D eigenvalue weighted by Gasteiger charge is -2.21. The molecule has 1 aromatic rings. The summed E-state index contributed by atoms with van der Waals surface area (Å²) < 4.78 is 0. The first kappa shape index (κ1) is 28.1. The van der Waals surface area contributed by atoms with E-state index in [0.29, 0.717) is 32.5 Å². The predicted molar refractivity (Wildman–Crippen MR) is 130 cm³/mol. The normalized spacial score (nSPS) is 12.5. The van der Waals surface area contributed by atoms with Gasteiger partial charge in [-0.1, -0.05) is 12.1 Å². The molecule has 12 N–H and O–H groups in total. The fraction of sp³-hybridized carbons (Fsp3) is 0.591. The maximum atomic E-state index is 12.8. The monoisotopic (exact) mass is 464 g/mol. The SMILES string of the molecule is NCCCCNCCCNC(=O)C(Cc1ccc(O)cc1)NC(=O)C(N)CCCN=C(N)N. The van der Waals surface area contributed by atoms with E-state index in [-0.39, 0.29) is 24.0 Å². The molecule has 2 atom stereocenters. The van der Waals surface area contributed by atoms with Crippen LogP contribution in [0, 0.1) is 0 Å². The van der Waals surface area contributed by atoms with Crippen molar-refractivity contribution in [2.24, 2.45) is 27.9 Å². The van der Waals surface area contributed by atoms with Crippen molar-refractivity contribution in [3.8, 4) is 5.75 Å². The zero-order chi connectivity index (χ0) is 24.5. The van der Waals surface area contributed by atoms with Gasteiger partial charge in [-0.2, -0.15) is 0 Å². The second-order valence-electron chi connectivity index (χ2n) is 7.88. The van der Waals surface area contributed by atoms with Gasteiger partial charge in [-0.15, -0.1) is 0 Å². The van der Waals surface area contributed by atoms with Gasteiger partial charge in [-0.3, -0.25) is 14.6 Å². The van der Waals surface area contributed by atoms with Crippen molar-refractivity contribution >= 4 is 17.8 Å².